The molecule has 26 heavy (non-hydrogen) atoms. The fraction of sp³-hybridized carbons (Fsp3) is 0.263. The van der Waals surface area contributed by atoms with Crippen LogP contribution >= 0.6 is 0 Å². The quantitative estimate of drug-likeness (QED) is 0.631. The van der Waals surface area contributed by atoms with Gasteiger partial charge in [0.2, 0.25) is 0 Å². The van der Waals surface area contributed by atoms with Crippen molar-refractivity contribution in [3.05, 3.63) is 59.7 Å². The number of nitrogens with one attached hydrogen (secondary N) is 1. The molecule has 138 valence electrons. The standard InChI is InChI=1S/C19H21NO6/c1-24-9-10-25-16-7-5-14(6-8-16)12-20-19(23)15-3-2-4-17(11-15)26-13-18(21)22/h2-8,11H,9-10,12-13H2,1H3,(H,20,23)(H,21,22). The molecule has 0 bridgehead atoms. The van der Waals surface area contributed by atoms with E-state index < -0.39 is 12.6 Å². The Balaban J connectivity index is 1.86. The van der Waals surface area contributed by atoms with Gasteiger partial charge in [0.15, 0.2) is 6.61 Å². The molecule has 0 aliphatic rings. The molecule has 2 rings (SSSR count). The summed E-state index contributed by atoms with van der Waals surface area (Å²) in [5.41, 5.74) is 1.32. The molecule has 0 heterocycles. The summed E-state index contributed by atoms with van der Waals surface area (Å²) in [6.45, 7) is 0.904. The highest BCUT2D eigenvalue weighted by atomic mass is 16.5. The molecule has 2 N–H and O–H groups in total. The van der Waals surface area contributed by atoms with Gasteiger partial charge in [-0.2, -0.15) is 0 Å². The van der Waals surface area contributed by atoms with E-state index in [4.69, 9.17) is 19.3 Å². The highest BCUT2D eigenvalue weighted by molar-refractivity contribution is 5.94. The van der Waals surface area contributed by atoms with Gasteiger partial charge in [0.25, 0.3) is 5.91 Å². The number of carboxylic acid groups (broad SMARTS) is 1. The Morgan fingerprint density at radius 3 is 2.46 bits per heavy atom. The lowest BCUT2D eigenvalue weighted by Crippen LogP contribution is -2.22. The van der Waals surface area contributed by atoms with Crippen LogP contribution in [0.25, 0.3) is 0 Å². The number of ether oxygens (including phenoxy) is 3. The molecule has 2 aromatic carbocycles. The predicted octanol–water partition coefficient (Wildman–Crippen LogP) is 2.11. The van der Waals surface area contributed by atoms with Crippen molar-refractivity contribution in [1.29, 1.82) is 0 Å². The Hall–Kier alpha value is -3.06. The second-order valence-electron chi connectivity index (χ2n) is 5.38. The minimum atomic E-state index is -1.07. The first-order valence-electron chi connectivity index (χ1n) is 8.02. The average Bonchev–Trinajstić information content (AvgIpc) is 2.66. The van der Waals surface area contributed by atoms with Gasteiger partial charge in [0, 0.05) is 19.2 Å². The van der Waals surface area contributed by atoms with Gasteiger partial charge >= 0.3 is 5.97 Å². The van der Waals surface area contributed by atoms with Gasteiger partial charge in [0.05, 0.1) is 6.61 Å². The van der Waals surface area contributed by atoms with Crippen LogP contribution in [0.1, 0.15) is 15.9 Å². The third-order valence-corrected chi connectivity index (χ3v) is 3.39. The molecule has 1 amide bonds. The molecule has 0 aliphatic carbocycles. The zero-order chi connectivity index (χ0) is 18.8. The zero-order valence-electron chi connectivity index (χ0n) is 14.4. The summed E-state index contributed by atoms with van der Waals surface area (Å²) in [5, 5.41) is 11.4. The average molecular weight is 359 g/mol. The molecular weight excluding hydrogens is 338 g/mol. The molecule has 2 aromatic rings. The lowest BCUT2D eigenvalue weighted by molar-refractivity contribution is -0.139. The molecule has 0 saturated carbocycles. The van der Waals surface area contributed by atoms with Crippen LogP contribution < -0.4 is 14.8 Å². The molecule has 0 spiro atoms. The summed E-state index contributed by atoms with van der Waals surface area (Å²) >= 11 is 0. The SMILES string of the molecule is COCCOc1ccc(CNC(=O)c2cccc(OCC(=O)O)c2)cc1. The summed E-state index contributed by atoms with van der Waals surface area (Å²) in [4.78, 5) is 22.8. The molecule has 0 radical (unpaired) electrons. The number of benzene rings is 2. The smallest absolute Gasteiger partial charge is 0.341 e. The fourth-order valence-corrected chi connectivity index (χ4v) is 2.10. The number of hydrogen-bond donors (Lipinski definition) is 2. The van der Waals surface area contributed by atoms with Gasteiger partial charge in [-0.1, -0.05) is 18.2 Å². The number of carbonyl (C=O) groups is 2. The van der Waals surface area contributed by atoms with Crippen LogP contribution in [0, 0.1) is 0 Å². The van der Waals surface area contributed by atoms with Gasteiger partial charge in [0.1, 0.15) is 18.1 Å². The van der Waals surface area contributed by atoms with Crippen molar-refractivity contribution in [2.24, 2.45) is 0 Å². The summed E-state index contributed by atoms with van der Waals surface area (Å²) in [6.07, 6.45) is 0. The summed E-state index contributed by atoms with van der Waals surface area (Å²) in [7, 11) is 1.61. The Labute approximate surface area is 151 Å². The van der Waals surface area contributed by atoms with Crippen molar-refractivity contribution >= 4 is 11.9 Å². The second-order valence-corrected chi connectivity index (χ2v) is 5.38. The van der Waals surface area contributed by atoms with Gasteiger partial charge in [-0.05, 0) is 35.9 Å². The summed E-state index contributed by atoms with van der Waals surface area (Å²) in [5.74, 6) is -0.279. The number of carboxylic acids is 1. The first-order valence-corrected chi connectivity index (χ1v) is 8.02. The van der Waals surface area contributed by atoms with E-state index in [0.29, 0.717) is 31.1 Å². The summed E-state index contributed by atoms with van der Waals surface area (Å²) < 4.78 is 15.5. The normalized spacial score (nSPS) is 10.2. The molecule has 7 nitrogen and oxygen atoms in total. The number of amides is 1. The number of hydrogen-bond acceptors (Lipinski definition) is 5. The summed E-state index contributed by atoms with van der Waals surface area (Å²) in [6, 6.07) is 13.8. The Bertz CT molecular complexity index is 729. The maximum Gasteiger partial charge on any atom is 0.341 e. The lowest BCUT2D eigenvalue weighted by atomic mass is 10.2. The lowest BCUT2D eigenvalue weighted by Gasteiger charge is -2.09. The van der Waals surface area contributed by atoms with Crippen molar-refractivity contribution in [3.8, 4) is 11.5 Å². The van der Waals surface area contributed by atoms with E-state index in [1.54, 1.807) is 25.3 Å². The Kier molecular flexibility index (Phi) is 7.45. The van der Waals surface area contributed by atoms with Crippen molar-refractivity contribution < 1.29 is 28.9 Å². The zero-order valence-corrected chi connectivity index (χ0v) is 14.4. The van der Waals surface area contributed by atoms with E-state index in [-0.39, 0.29) is 5.91 Å². The van der Waals surface area contributed by atoms with E-state index in [1.165, 1.54) is 6.07 Å². The van der Waals surface area contributed by atoms with Crippen molar-refractivity contribution in [2.45, 2.75) is 6.54 Å². The maximum absolute atomic E-state index is 12.2. The molecule has 7 heteroatoms. The van der Waals surface area contributed by atoms with E-state index in [9.17, 15) is 9.59 Å². The number of rotatable bonds is 10. The largest absolute Gasteiger partial charge is 0.491 e. The Morgan fingerprint density at radius 1 is 1.00 bits per heavy atom. The van der Waals surface area contributed by atoms with Gasteiger partial charge < -0.3 is 24.6 Å². The van der Waals surface area contributed by atoms with Crippen molar-refractivity contribution in [3.63, 3.8) is 0 Å². The monoisotopic (exact) mass is 359 g/mol. The van der Waals surface area contributed by atoms with E-state index in [0.717, 1.165) is 11.3 Å². The van der Waals surface area contributed by atoms with E-state index in [2.05, 4.69) is 5.32 Å². The third kappa shape index (κ3) is 6.45. The van der Waals surface area contributed by atoms with Crippen LogP contribution in [0.15, 0.2) is 48.5 Å². The van der Waals surface area contributed by atoms with Crippen LogP contribution in [-0.4, -0.2) is 43.9 Å². The number of methoxy groups -OCH3 is 1. The molecule has 0 aromatic heterocycles. The fourth-order valence-electron chi connectivity index (χ4n) is 2.10. The highest BCUT2D eigenvalue weighted by Crippen LogP contribution is 2.14. The first kappa shape index (κ1) is 19.3. The minimum absolute atomic E-state index is 0.272. The predicted molar refractivity (Wildman–Crippen MR) is 94.6 cm³/mol. The van der Waals surface area contributed by atoms with Crippen LogP contribution in [0.2, 0.25) is 0 Å². The van der Waals surface area contributed by atoms with Crippen LogP contribution in [-0.2, 0) is 16.1 Å². The van der Waals surface area contributed by atoms with Crippen LogP contribution in [0.4, 0.5) is 0 Å². The van der Waals surface area contributed by atoms with Crippen LogP contribution in [0.3, 0.4) is 0 Å². The second kappa shape index (κ2) is 10.0. The van der Waals surface area contributed by atoms with Crippen molar-refractivity contribution in [2.75, 3.05) is 26.9 Å². The molecular formula is C19H21NO6. The maximum atomic E-state index is 12.2. The molecule has 0 atom stereocenters. The minimum Gasteiger partial charge on any atom is -0.491 e. The van der Waals surface area contributed by atoms with E-state index >= 15 is 0 Å². The van der Waals surface area contributed by atoms with Gasteiger partial charge in [-0.3, -0.25) is 4.79 Å². The van der Waals surface area contributed by atoms with E-state index in [1.807, 2.05) is 24.3 Å². The Morgan fingerprint density at radius 2 is 1.77 bits per heavy atom. The first-order chi connectivity index (χ1) is 12.6. The molecule has 0 saturated heterocycles. The topological polar surface area (TPSA) is 94.1 Å². The number of aliphatic carboxylic acids is 1. The van der Waals surface area contributed by atoms with Gasteiger partial charge in [-0.15, -0.1) is 0 Å². The van der Waals surface area contributed by atoms with Crippen molar-refractivity contribution in [1.82, 2.24) is 5.32 Å². The van der Waals surface area contributed by atoms with Crippen LogP contribution in [0.5, 0.6) is 11.5 Å². The molecule has 0 unspecified atom stereocenters. The molecule has 0 fully saturated rings. The molecule has 0 aliphatic heterocycles. The number of carbonyl (C=O) groups excluding carboxylic acids is 1. The highest BCUT2D eigenvalue weighted by Gasteiger charge is 2.08. The van der Waals surface area contributed by atoms with Gasteiger partial charge in [-0.25, -0.2) is 4.79 Å². The third-order valence-electron chi connectivity index (χ3n) is 3.39.